The Bertz CT molecular complexity index is 910. The molecule has 4 rings (SSSR count). The molecule has 4 atom stereocenters. The van der Waals surface area contributed by atoms with Gasteiger partial charge in [0.15, 0.2) is 0 Å². The van der Waals surface area contributed by atoms with Crippen LogP contribution in [0, 0.1) is 5.92 Å². The number of para-hydroxylation sites is 1. The van der Waals surface area contributed by atoms with Gasteiger partial charge in [-0.3, -0.25) is 9.59 Å². The molecule has 1 spiro atoms. The number of carbonyl (C=O) groups is 3. The van der Waals surface area contributed by atoms with Crippen LogP contribution in [0.5, 0.6) is 0 Å². The fourth-order valence-electron chi connectivity index (χ4n) is 4.97. The highest BCUT2D eigenvalue weighted by atomic mass is 16.3. The molecule has 1 N–H and O–H groups in total. The minimum atomic E-state index is -1.34. The highest BCUT2D eigenvalue weighted by molar-refractivity contribution is 6.23. The number of hydrogen-bond acceptors (Lipinski definition) is 4. The third kappa shape index (κ3) is 2.31. The monoisotopic (exact) mass is 363 g/mol. The molecule has 0 unspecified atom stereocenters. The highest BCUT2D eigenvalue weighted by Crippen LogP contribution is 2.57. The van der Waals surface area contributed by atoms with Crippen molar-refractivity contribution < 1.29 is 19.5 Å². The van der Waals surface area contributed by atoms with Crippen LogP contribution in [0.4, 0.5) is 5.69 Å². The molecule has 1 aliphatic heterocycles. The van der Waals surface area contributed by atoms with Crippen LogP contribution < -0.4 is 4.90 Å². The second-order valence-electron chi connectivity index (χ2n) is 7.33. The summed E-state index contributed by atoms with van der Waals surface area (Å²) in [6, 6.07) is 16.4. The van der Waals surface area contributed by atoms with Gasteiger partial charge in [-0.2, -0.15) is 0 Å². The fraction of sp³-hybridized carbons (Fsp3) is 0.318. The Morgan fingerprint density at radius 2 is 1.78 bits per heavy atom. The summed E-state index contributed by atoms with van der Waals surface area (Å²) in [5.74, 6) is -1.78. The average Bonchev–Trinajstić information content (AvgIpc) is 2.94. The number of benzene rings is 2. The number of aliphatic hydroxyl groups is 1. The zero-order chi connectivity index (χ0) is 19.2. The van der Waals surface area contributed by atoms with E-state index in [0.717, 1.165) is 16.7 Å². The molecule has 0 saturated heterocycles. The Kier molecular flexibility index (Phi) is 4.19. The molecule has 27 heavy (non-hydrogen) atoms. The molecule has 0 radical (unpaired) electrons. The largest absolute Gasteiger partial charge is 0.392 e. The summed E-state index contributed by atoms with van der Waals surface area (Å²) in [5, 5.41) is 11.1. The lowest BCUT2D eigenvalue weighted by Crippen LogP contribution is -2.57. The molecule has 1 fully saturated rings. The zero-order valence-electron chi connectivity index (χ0n) is 15.0. The van der Waals surface area contributed by atoms with Gasteiger partial charge < -0.3 is 9.90 Å². The molecule has 1 heterocycles. The van der Waals surface area contributed by atoms with E-state index in [0.29, 0.717) is 24.1 Å². The first kappa shape index (κ1) is 17.6. The molecule has 1 aliphatic carbocycles. The first-order valence-electron chi connectivity index (χ1n) is 9.16. The second-order valence-corrected chi connectivity index (χ2v) is 7.33. The Morgan fingerprint density at radius 3 is 2.44 bits per heavy atom. The molecule has 2 aromatic rings. The summed E-state index contributed by atoms with van der Waals surface area (Å²) in [6.45, 7) is 1.34. The molecule has 0 bridgehead atoms. The lowest BCUT2D eigenvalue weighted by Gasteiger charge is -2.46. The van der Waals surface area contributed by atoms with Gasteiger partial charge in [0.05, 0.1) is 11.8 Å². The third-order valence-electron chi connectivity index (χ3n) is 6.01. The molecule has 2 aromatic carbocycles. The Balaban J connectivity index is 2.03. The number of imide groups is 1. The van der Waals surface area contributed by atoms with Gasteiger partial charge in [-0.05, 0) is 30.0 Å². The quantitative estimate of drug-likeness (QED) is 0.832. The maximum atomic E-state index is 13.7. The van der Waals surface area contributed by atoms with Gasteiger partial charge >= 0.3 is 0 Å². The Hall–Kier alpha value is -2.79. The van der Waals surface area contributed by atoms with Crippen molar-refractivity contribution in [3.05, 3.63) is 65.7 Å². The van der Waals surface area contributed by atoms with Crippen molar-refractivity contribution in [1.82, 2.24) is 0 Å². The summed E-state index contributed by atoms with van der Waals surface area (Å²) < 4.78 is 0. The average molecular weight is 363 g/mol. The summed E-state index contributed by atoms with van der Waals surface area (Å²) in [6.07, 6.45) is 0.745. The summed E-state index contributed by atoms with van der Waals surface area (Å²) in [7, 11) is 0. The van der Waals surface area contributed by atoms with E-state index in [9.17, 15) is 19.5 Å². The van der Waals surface area contributed by atoms with Crippen LogP contribution in [0.25, 0.3) is 0 Å². The predicted molar refractivity (Wildman–Crippen MR) is 100 cm³/mol. The van der Waals surface area contributed by atoms with Crippen molar-refractivity contribution in [2.45, 2.75) is 37.2 Å². The van der Waals surface area contributed by atoms with E-state index in [-0.39, 0.29) is 0 Å². The number of aldehydes is 1. The Morgan fingerprint density at radius 1 is 1.11 bits per heavy atom. The molecule has 138 valence electrons. The summed E-state index contributed by atoms with van der Waals surface area (Å²) in [5.41, 5.74) is 0.606. The van der Waals surface area contributed by atoms with Crippen molar-refractivity contribution in [3.8, 4) is 0 Å². The molecular weight excluding hydrogens is 342 g/mol. The SMILES string of the molecule is CC(=O)N1C(=O)[C@]2(c3ccccc31)[C@H](O)CC[C@H](C=O)[C@@H]2c1ccccc1. The number of amides is 2. The van der Waals surface area contributed by atoms with Crippen LogP contribution >= 0.6 is 0 Å². The van der Waals surface area contributed by atoms with Crippen LogP contribution in [0.2, 0.25) is 0 Å². The maximum Gasteiger partial charge on any atom is 0.247 e. The fourth-order valence-corrected chi connectivity index (χ4v) is 4.97. The number of carbonyl (C=O) groups excluding carboxylic acids is 3. The van der Waals surface area contributed by atoms with Crippen molar-refractivity contribution in [1.29, 1.82) is 0 Å². The highest BCUT2D eigenvalue weighted by Gasteiger charge is 2.64. The number of aliphatic hydroxyl groups excluding tert-OH is 1. The first-order chi connectivity index (χ1) is 13.0. The van der Waals surface area contributed by atoms with Gasteiger partial charge in [-0.15, -0.1) is 0 Å². The van der Waals surface area contributed by atoms with E-state index >= 15 is 0 Å². The molecule has 0 aromatic heterocycles. The summed E-state index contributed by atoms with van der Waals surface area (Å²) in [4.78, 5) is 39.1. The summed E-state index contributed by atoms with van der Waals surface area (Å²) >= 11 is 0. The minimum absolute atomic E-state index is 0.332. The van der Waals surface area contributed by atoms with Gasteiger partial charge in [0.1, 0.15) is 11.7 Å². The van der Waals surface area contributed by atoms with Gasteiger partial charge in [-0.25, -0.2) is 4.90 Å². The van der Waals surface area contributed by atoms with E-state index < -0.39 is 35.2 Å². The van der Waals surface area contributed by atoms with Crippen molar-refractivity contribution in [2.75, 3.05) is 4.90 Å². The molecule has 5 nitrogen and oxygen atoms in total. The predicted octanol–water partition coefficient (Wildman–Crippen LogP) is 2.57. The third-order valence-corrected chi connectivity index (χ3v) is 6.01. The topological polar surface area (TPSA) is 74.7 Å². The smallest absolute Gasteiger partial charge is 0.247 e. The van der Waals surface area contributed by atoms with Crippen LogP contribution in [0.3, 0.4) is 0 Å². The van der Waals surface area contributed by atoms with Crippen molar-refractivity contribution in [3.63, 3.8) is 0 Å². The van der Waals surface area contributed by atoms with Gasteiger partial charge in [0.2, 0.25) is 11.8 Å². The van der Waals surface area contributed by atoms with E-state index in [1.807, 2.05) is 30.3 Å². The van der Waals surface area contributed by atoms with E-state index in [4.69, 9.17) is 0 Å². The minimum Gasteiger partial charge on any atom is -0.392 e. The zero-order valence-corrected chi connectivity index (χ0v) is 15.0. The molecule has 2 amide bonds. The first-order valence-corrected chi connectivity index (χ1v) is 9.16. The number of fused-ring (bicyclic) bond motifs is 2. The van der Waals surface area contributed by atoms with Crippen molar-refractivity contribution >= 4 is 23.8 Å². The van der Waals surface area contributed by atoms with Crippen LogP contribution in [0.15, 0.2) is 54.6 Å². The number of anilines is 1. The normalized spacial score (nSPS) is 29.6. The molecule has 2 aliphatic rings. The van der Waals surface area contributed by atoms with E-state index in [1.165, 1.54) is 6.92 Å². The van der Waals surface area contributed by atoms with Crippen LogP contribution in [-0.4, -0.2) is 29.3 Å². The van der Waals surface area contributed by atoms with Crippen LogP contribution in [0.1, 0.15) is 36.8 Å². The van der Waals surface area contributed by atoms with E-state index in [2.05, 4.69) is 0 Å². The lowest BCUT2D eigenvalue weighted by molar-refractivity contribution is -0.136. The number of hydrogen-bond donors (Lipinski definition) is 1. The van der Waals surface area contributed by atoms with Gasteiger partial charge in [0, 0.05) is 18.8 Å². The molecular formula is C22H21NO4. The molecule has 5 heteroatoms. The lowest BCUT2D eigenvalue weighted by atomic mass is 9.56. The Labute approximate surface area is 157 Å². The standard InChI is InChI=1S/C22H21NO4/c1-14(25)23-18-10-6-5-9-17(18)22(21(23)27)19(26)12-11-16(13-24)20(22)15-7-3-2-4-8-15/h2-10,13,16,19-20,26H,11-12H2,1H3/t16-,19-,20+,22-/m1/s1. The van der Waals surface area contributed by atoms with Gasteiger partial charge in [0.25, 0.3) is 0 Å². The second kappa shape index (κ2) is 6.43. The number of nitrogens with zero attached hydrogens (tertiary/aromatic N) is 1. The molecule has 1 saturated carbocycles. The maximum absolute atomic E-state index is 13.7. The van der Waals surface area contributed by atoms with E-state index in [1.54, 1.807) is 24.3 Å². The van der Waals surface area contributed by atoms with Crippen LogP contribution in [-0.2, 0) is 19.8 Å². The van der Waals surface area contributed by atoms with Gasteiger partial charge in [-0.1, -0.05) is 48.5 Å². The number of rotatable bonds is 2. The van der Waals surface area contributed by atoms with Crippen molar-refractivity contribution in [2.24, 2.45) is 5.92 Å².